The van der Waals surface area contributed by atoms with E-state index in [2.05, 4.69) is 52.6 Å². The van der Waals surface area contributed by atoms with Crippen LogP contribution in [0.1, 0.15) is 29.5 Å². The van der Waals surface area contributed by atoms with Crippen LogP contribution in [0.3, 0.4) is 0 Å². The van der Waals surface area contributed by atoms with E-state index in [0.717, 1.165) is 30.8 Å². The summed E-state index contributed by atoms with van der Waals surface area (Å²) in [4.78, 5) is 24.2. The van der Waals surface area contributed by atoms with E-state index in [-0.39, 0.29) is 11.8 Å². The molecule has 0 aliphatic carbocycles. The molecule has 0 spiro atoms. The number of carbonyl (C=O) groups excluding carboxylic acids is 1. The number of hydrogen-bond donors (Lipinski definition) is 2. The predicted molar refractivity (Wildman–Crippen MR) is 144 cm³/mol. The minimum atomic E-state index is -0.0956. The number of ether oxygens (including phenoxy) is 3. The molecule has 1 saturated heterocycles. The van der Waals surface area contributed by atoms with Crippen molar-refractivity contribution in [2.75, 3.05) is 44.6 Å². The van der Waals surface area contributed by atoms with E-state index in [1.54, 1.807) is 39.7 Å². The van der Waals surface area contributed by atoms with Gasteiger partial charge in [0.1, 0.15) is 5.82 Å². The number of hydrogen-bond acceptors (Lipinski definition) is 8. The van der Waals surface area contributed by atoms with Crippen molar-refractivity contribution in [3.05, 3.63) is 59.3 Å². The van der Waals surface area contributed by atoms with Gasteiger partial charge in [0.05, 0.1) is 27.2 Å². The third-order valence-corrected chi connectivity index (χ3v) is 6.72. The zero-order valence-corrected chi connectivity index (χ0v) is 22.1. The molecular weight excluding hydrogens is 470 g/mol. The van der Waals surface area contributed by atoms with Gasteiger partial charge in [-0.1, -0.05) is 18.2 Å². The third kappa shape index (κ3) is 6.22. The number of amides is 1. The number of anilines is 3. The maximum Gasteiger partial charge on any atom is 0.229 e. The number of aryl methyl sites for hydroxylation is 2. The summed E-state index contributed by atoms with van der Waals surface area (Å²) in [5, 5.41) is 6.34. The van der Waals surface area contributed by atoms with Crippen LogP contribution in [0.15, 0.2) is 42.6 Å². The molecule has 9 nitrogen and oxygen atoms in total. The molecule has 2 heterocycles. The van der Waals surface area contributed by atoms with Crippen molar-refractivity contribution >= 4 is 23.4 Å². The van der Waals surface area contributed by atoms with Gasteiger partial charge in [0.2, 0.25) is 17.6 Å². The second-order valence-corrected chi connectivity index (χ2v) is 9.20. The number of nitrogens with one attached hydrogen (secondary N) is 2. The molecule has 1 aliphatic rings. The van der Waals surface area contributed by atoms with Crippen LogP contribution < -0.4 is 29.7 Å². The van der Waals surface area contributed by atoms with Crippen LogP contribution in [0.2, 0.25) is 0 Å². The molecule has 9 heteroatoms. The van der Waals surface area contributed by atoms with Gasteiger partial charge in [-0.25, -0.2) is 4.98 Å². The Morgan fingerprint density at radius 2 is 1.78 bits per heavy atom. The van der Waals surface area contributed by atoms with Gasteiger partial charge in [0.25, 0.3) is 0 Å². The number of rotatable bonds is 9. The highest BCUT2D eigenvalue weighted by Crippen LogP contribution is 2.40. The third-order valence-electron chi connectivity index (χ3n) is 6.72. The maximum absolute atomic E-state index is 13.0. The number of carbonyl (C=O) groups is 1. The van der Waals surface area contributed by atoms with E-state index in [1.165, 1.54) is 11.1 Å². The lowest BCUT2D eigenvalue weighted by atomic mass is 9.97. The fourth-order valence-corrected chi connectivity index (χ4v) is 4.51. The molecule has 3 aromatic rings. The summed E-state index contributed by atoms with van der Waals surface area (Å²) in [7, 11) is 4.71. The van der Waals surface area contributed by atoms with Crippen molar-refractivity contribution in [2.45, 2.75) is 33.2 Å². The summed E-state index contributed by atoms with van der Waals surface area (Å²) in [5.41, 5.74) is 4.30. The van der Waals surface area contributed by atoms with E-state index in [4.69, 9.17) is 19.2 Å². The second kappa shape index (κ2) is 11.8. The second-order valence-electron chi connectivity index (χ2n) is 9.20. The van der Waals surface area contributed by atoms with Crippen LogP contribution in [0.5, 0.6) is 17.2 Å². The largest absolute Gasteiger partial charge is 0.493 e. The summed E-state index contributed by atoms with van der Waals surface area (Å²) >= 11 is 0. The van der Waals surface area contributed by atoms with Gasteiger partial charge < -0.3 is 29.7 Å². The number of aromatic nitrogens is 2. The Labute approximate surface area is 218 Å². The van der Waals surface area contributed by atoms with Crippen molar-refractivity contribution in [1.82, 2.24) is 15.3 Å². The first-order valence-electron chi connectivity index (χ1n) is 12.4. The lowest BCUT2D eigenvalue weighted by molar-refractivity contribution is -0.125. The van der Waals surface area contributed by atoms with Crippen LogP contribution in [0.25, 0.3) is 0 Å². The Bertz CT molecular complexity index is 1220. The summed E-state index contributed by atoms with van der Waals surface area (Å²) in [6, 6.07) is 11.8. The number of benzene rings is 2. The van der Waals surface area contributed by atoms with Crippen LogP contribution in [-0.2, 0) is 11.3 Å². The topological polar surface area (TPSA) is 97.8 Å². The molecule has 2 N–H and O–H groups in total. The molecule has 1 aromatic heterocycles. The molecule has 2 aromatic carbocycles. The molecule has 0 bridgehead atoms. The molecule has 4 rings (SSSR count). The van der Waals surface area contributed by atoms with Crippen molar-refractivity contribution < 1.29 is 19.0 Å². The molecule has 196 valence electrons. The number of piperidine rings is 1. The van der Waals surface area contributed by atoms with Gasteiger partial charge >= 0.3 is 0 Å². The fourth-order valence-electron chi connectivity index (χ4n) is 4.51. The summed E-state index contributed by atoms with van der Waals surface area (Å²) in [6.45, 7) is 6.16. The van der Waals surface area contributed by atoms with E-state index >= 15 is 0 Å². The molecule has 1 amide bonds. The van der Waals surface area contributed by atoms with Gasteiger partial charge in [-0.2, -0.15) is 4.98 Å². The number of nitrogens with zero attached hydrogens (tertiary/aromatic N) is 3. The summed E-state index contributed by atoms with van der Waals surface area (Å²) in [6.07, 6.45) is 3.49. The first-order valence-corrected chi connectivity index (χ1v) is 12.4. The monoisotopic (exact) mass is 505 g/mol. The number of methoxy groups -OCH3 is 3. The minimum absolute atomic E-state index is 0.0766. The van der Waals surface area contributed by atoms with Gasteiger partial charge in [-0.15, -0.1) is 0 Å². The quantitative estimate of drug-likeness (QED) is 0.442. The van der Waals surface area contributed by atoms with Crippen LogP contribution in [0, 0.1) is 19.8 Å². The standard InChI is InChI=1S/C28H35N5O4/c1-18-8-9-20(13-19(18)2)16-30-27(34)21-7-6-12-33(17-21)25-10-11-29-28(32-25)31-22-14-23(35-3)26(37-5)24(15-22)36-4/h8-11,13-15,21H,6-7,12,16-17H2,1-5H3,(H,30,34)(H,29,31,32). The average molecular weight is 506 g/mol. The van der Waals surface area contributed by atoms with E-state index in [0.29, 0.717) is 42.0 Å². The van der Waals surface area contributed by atoms with Crippen LogP contribution in [0.4, 0.5) is 17.5 Å². The summed E-state index contributed by atoms with van der Waals surface area (Å²) < 4.78 is 16.3. The van der Waals surface area contributed by atoms with Crippen LogP contribution >= 0.6 is 0 Å². The zero-order valence-electron chi connectivity index (χ0n) is 22.1. The van der Waals surface area contributed by atoms with Gasteiger partial charge in [0, 0.05) is 43.7 Å². The maximum atomic E-state index is 13.0. The molecule has 1 atom stereocenters. The van der Waals surface area contributed by atoms with Crippen LogP contribution in [-0.4, -0.2) is 50.3 Å². The molecule has 1 unspecified atom stereocenters. The molecule has 1 aliphatic heterocycles. The predicted octanol–water partition coefficient (Wildman–Crippen LogP) is 4.40. The van der Waals surface area contributed by atoms with Gasteiger partial charge in [0.15, 0.2) is 11.5 Å². The van der Waals surface area contributed by atoms with Gasteiger partial charge in [-0.05, 0) is 49.4 Å². The fraction of sp³-hybridized carbons (Fsp3) is 0.393. The van der Waals surface area contributed by atoms with E-state index < -0.39 is 0 Å². The van der Waals surface area contributed by atoms with Gasteiger partial charge in [-0.3, -0.25) is 4.79 Å². The normalized spacial score (nSPS) is 15.2. The highest BCUT2D eigenvalue weighted by Gasteiger charge is 2.26. The lowest BCUT2D eigenvalue weighted by Crippen LogP contribution is -2.43. The Morgan fingerprint density at radius 3 is 2.46 bits per heavy atom. The molecule has 1 fully saturated rings. The molecule has 0 radical (unpaired) electrons. The zero-order chi connectivity index (χ0) is 26.4. The highest BCUT2D eigenvalue weighted by atomic mass is 16.5. The Kier molecular flexibility index (Phi) is 8.32. The minimum Gasteiger partial charge on any atom is -0.493 e. The van der Waals surface area contributed by atoms with Crippen molar-refractivity contribution in [3.63, 3.8) is 0 Å². The first kappa shape index (κ1) is 26.1. The van der Waals surface area contributed by atoms with Crippen molar-refractivity contribution in [2.24, 2.45) is 5.92 Å². The molecule has 0 saturated carbocycles. The Balaban J connectivity index is 1.42. The Hall–Kier alpha value is -4.01. The smallest absolute Gasteiger partial charge is 0.229 e. The first-order chi connectivity index (χ1) is 17.9. The van der Waals surface area contributed by atoms with Crippen molar-refractivity contribution in [1.29, 1.82) is 0 Å². The SMILES string of the molecule is COc1cc(Nc2nccc(N3CCCC(C(=O)NCc4ccc(C)c(C)c4)C3)n2)cc(OC)c1OC. The average Bonchev–Trinajstić information content (AvgIpc) is 2.93. The molecule has 37 heavy (non-hydrogen) atoms. The summed E-state index contributed by atoms with van der Waals surface area (Å²) in [5.74, 6) is 2.77. The highest BCUT2D eigenvalue weighted by molar-refractivity contribution is 5.79. The van der Waals surface area contributed by atoms with E-state index in [9.17, 15) is 4.79 Å². The lowest BCUT2D eigenvalue weighted by Gasteiger charge is -2.33. The molecular formula is C28H35N5O4. The van der Waals surface area contributed by atoms with Crippen molar-refractivity contribution in [3.8, 4) is 17.2 Å². The van der Waals surface area contributed by atoms with E-state index in [1.807, 2.05) is 6.07 Å². The Morgan fingerprint density at radius 1 is 1.03 bits per heavy atom.